The fourth-order valence-electron chi connectivity index (χ4n) is 3.83. The average molecular weight is 348 g/mol. The van der Waals surface area contributed by atoms with Gasteiger partial charge in [0.1, 0.15) is 5.75 Å². The molecule has 0 unspecified atom stereocenters. The van der Waals surface area contributed by atoms with Gasteiger partial charge in [0, 0.05) is 42.9 Å². The van der Waals surface area contributed by atoms with Gasteiger partial charge >= 0.3 is 11.9 Å². The highest BCUT2D eigenvalue weighted by molar-refractivity contribution is 5.89. The third kappa shape index (κ3) is 3.61. The van der Waals surface area contributed by atoms with Crippen LogP contribution in [0.4, 0.5) is 5.69 Å². The Balaban J connectivity index is 0.000000242. The van der Waals surface area contributed by atoms with Gasteiger partial charge in [-0.05, 0) is 25.1 Å². The zero-order chi connectivity index (χ0) is 18.8. The van der Waals surface area contributed by atoms with Crippen molar-refractivity contribution in [1.82, 2.24) is 4.90 Å². The van der Waals surface area contributed by atoms with Crippen molar-refractivity contribution in [3.8, 4) is 5.75 Å². The van der Waals surface area contributed by atoms with Crippen molar-refractivity contribution in [2.24, 2.45) is 0 Å². The number of benzene rings is 1. The lowest BCUT2D eigenvalue weighted by molar-refractivity contribution is -0.134. The van der Waals surface area contributed by atoms with Crippen LogP contribution in [0, 0.1) is 0 Å². The molecule has 1 aromatic carbocycles. The zero-order valence-corrected chi connectivity index (χ0v) is 14.9. The highest BCUT2D eigenvalue weighted by Gasteiger charge is 2.52. The van der Waals surface area contributed by atoms with Crippen molar-refractivity contribution < 1.29 is 24.5 Å². The van der Waals surface area contributed by atoms with Gasteiger partial charge in [-0.25, -0.2) is 9.59 Å². The Morgan fingerprint density at radius 2 is 1.84 bits per heavy atom. The van der Waals surface area contributed by atoms with Gasteiger partial charge in [-0.2, -0.15) is 0 Å². The first-order valence-corrected chi connectivity index (χ1v) is 7.96. The number of carboxylic acids is 2. The maximum Gasteiger partial charge on any atom is 0.328 e. The van der Waals surface area contributed by atoms with Gasteiger partial charge in [0.2, 0.25) is 0 Å². The number of aliphatic carboxylic acids is 2. The number of hydrogen-bond acceptors (Lipinski definition) is 5. The minimum absolute atomic E-state index is 0.269. The Morgan fingerprint density at radius 3 is 2.36 bits per heavy atom. The van der Waals surface area contributed by atoms with E-state index in [4.69, 9.17) is 14.9 Å². The van der Waals surface area contributed by atoms with E-state index < -0.39 is 11.9 Å². The van der Waals surface area contributed by atoms with Crippen LogP contribution < -0.4 is 9.64 Å². The molecular weight excluding hydrogens is 324 g/mol. The fourth-order valence-corrected chi connectivity index (χ4v) is 3.83. The molecule has 25 heavy (non-hydrogen) atoms. The third-order valence-corrected chi connectivity index (χ3v) is 4.91. The largest absolute Gasteiger partial charge is 0.497 e. The summed E-state index contributed by atoms with van der Waals surface area (Å²) in [6.45, 7) is 3.56. The molecule has 0 saturated carbocycles. The van der Waals surface area contributed by atoms with Crippen LogP contribution in [0.1, 0.15) is 18.9 Å². The Labute approximate surface area is 147 Å². The topological polar surface area (TPSA) is 90.3 Å². The molecule has 1 aromatic rings. The number of ether oxygens (including phenoxy) is 1. The minimum Gasteiger partial charge on any atom is -0.497 e. The molecule has 2 atom stereocenters. The molecule has 7 heteroatoms. The van der Waals surface area contributed by atoms with E-state index in [2.05, 4.69) is 49.0 Å². The Kier molecular flexibility index (Phi) is 5.37. The number of carbonyl (C=O) groups is 2. The predicted molar refractivity (Wildman–Crippen MR) is 94.2 cm³/mol. The van der Waals surface area contributed by atoms with Crippen molar-refractivity contribution in [3.63, 3.8) is 0 Å². The standard InChI is InChI=1S/C14H20N2O.C4H4O4/c1-14-7-8-15(2)13(14)16(3)12-9-10(17-4)5-6-11(12)14;5-3(6)1-2-4(7)8/h5-6,9,13H,7-8H2,1-4H3;1-2H,(H,5,6)(H,7,8)/b;2-1+/t13-,14+;/m0./s1. The van der Waals surface area contributed by atoms with Gasteiger partial charge in [0.15, 0.2) is 0 Å². The normalized spacial score (nSPS) is 24.5. The van der Waals surface area contributed by atoms with E-state index in [1.807, 2.05) is 0 Å². The van der Waals surface area contributed by atoms with Crippen molar-refractivity contribution in [3.05, 3.63) is 35.9 Å². The average Bonchev–Trinajstić information content (AvgIpc) is 2.99. The van der Waals surface area contributed by atoms with Crippen molar-refractivity contribution in [1.29, 1.82) is 0 Å². The molecule has 1 saturated heterocycles. The summed E-state index contributed by atoms with van der Waals surface area (Å²) in [4.78, 5) is 24.0. The lowest BCUT2D eigenvalue weighted by Crippen LogP contribution is -2.45. The van der Waals surface area contributed by atoms with Crippen LogP contribution in [0.15, 0.2) is 30.4 Å². The van der Waals surface area contributed by atoms with E-state index in [1.165, 1.54) is 24.2 Å². The second-order valence-electron chi connectivity index (χ2n) is 6.53. The van der Waals surface area contributed by atoms with Crippen LogP contribution in [-0.2, 0) is 15.0 Å². The summed E-state index contributed by atoms with van der Waals surface area (Å²) in [5.74, 6) is -1.57. The Morgan fingerprint density at radius 1 is 1.24 bits per heavy atom. The number of methoxy groups -OCH3 is 1. The second-order valence-corrected chi connectivity index (χ2v) is 6.53. The molecule has 1 fully saturated rings. The summed E-state index contributed by atoms with van der Waals surface area (Å²) in [5, 5.41) is 15.6. The summed E-state index contributed by atoms with van der Waals surface area (Å²) in [5.41, 5.74) is 3.06. The van der Waals surface area contributed by atoms with Gasteiger partial charge in [-0.15, -0.1) is 0 Å². The molecule has 2 N–H and O–H groups in total. The lowest BCUT2D eigenvalue weighted by atomic mass is 9.81. The number of likely N-dealkylation sites (N-methyl/N-ethyl adjacent to an activating group) is 2. The van der Waals surface area contributed by atoms with E-state index >= 15 is 0 Å². The van der Waals surface area contributed by atoms with Crippen LogP contribution in [0.25, 0.3) is 0 Å². The molecule has 7 nitrogen and oxygen atoms in total. The van der Waals surface area contributed by atoms with Crippen LogP contribution in [-0.4, -0.2) is 61.0 Å². The number of anilines is 1. The third-order valence-electron chi connectivity index (χ3n) is 4.91. The minimum atomic E-state index is -1.26. The highest BCUT2D eigenvalue weighted by Crippen LogP contribution is 2.51. The smallest absolute Gasteiger partial charge is 0.328 e. The lowest BCUT2D eigenvalue weighted by Gasteiger charge is -2.32. The zero-order valence-electron chi connectivity index (χ0n) is 14.9. The molecule has 0 bridgehead atoms. The number of likely N-dealkylation sites (tertiary alicyclic amines) is 1. The quantitative estimate of drug-likeness (QED) is 0.805. The van der Waals surface area contributed by atoms with E-state index in [9.17, 15) is 9.59 Å². The summed E-state index contributed by atoms with van der Waals surface area (Å²) >= 11 is 0. The van der Waals surface area contributed by atoms with E-state index in [1.54, 1.807) is 7.11 Å². The number of fused-ring (bicyclic) bond motifs is 3. The number of nitrogens with zero attached hydrogens (tertiary/aromatic N) is 2. The Bertz CT molecular complexity index is 687. The molecular formula is C18H24N2O5. The number of rotatable bonds is 3. The molecule has 0 aromatic heterocycles. The molecule has 0 radical (unpaired) electrons. The summed E-state index contributed by atoms with van der Waals surface area (Å²) in [7, 11) is 6.14. The molecule has 2 aliphatic heterocycles. The first-order valence-electron chi connectivity index (χ1n) is 7.96. The predicted octanol–water partition coefficient (Wildman–Crippen LogP) is 1.78. The maximum absolute atomic E-state index is 9.55. The van der Waals surface area contributed by atoms with Crippen LogP contribution in [0.5, 0.6) is 5.75 Å². The van der Waals surface area contributed by atoms with Crippen LogP contribution >= 0.6 is 0 Å². The second kappa shape index (κ2) is 7.14. The van der Waals surface area contributed by atoms with Crippen LogP contribution in [0.3, 0.4) is 0 Å². The highest BCUT2D eigenvalue weighted by atomic mass is 16.5. The van der Waals surface area contributed by atoms with E-state index in [0.29, 0.717) is 18.3 Å². The van der Waals surface area contributed by atoms with Crippen LogP contribution in [0.2, 0.25) is 0 Å². The van der Waals surface area contributed by atoms with Gasteiger partial charge in [0.25, 0.3) is 0 Å². The van der Waals surface area contributed by atoms with E-state index in [0.717, 1.165) is 5.75 Å². The van der Waals surface area contributed by atoms with Crippen molar-refractivity contribution >= 4 is 17.6 Å². The summed E-state index contributed by atoms with van der Waals surface area (Å²) in [6, 6.07) is 6.48. The number of hydrogen-bond donors (Lipinski definition) is 2. The van der Waals surface area contributed by atoms with Gasteiger partial charge in [-0.3, -0.25) is 4.90 Å². The maximum atomic E-state index is 9.55. The van der Waals surface area contributed by atoms with Crippen molar-refractivity contribution in [2.45, 2.75) is 24.9 Å². The van der Waals surface area contributed by atoms with E-state index in [-0.39, 0.29) is 5.41 Å². The molecule has 0 aliphatic carbocycles. The SMILES string of the molecule is COc1ccc2c(c1)N(C)[C@@H]1N(C)CC[C@]21C.O=C(O)/C=C/C(=O)O. The molecule has 2 heterocycles. The molecule has 2 aliphatic rings. The number of carboxylic acid groups (broad SMARTS) is 2. The first-order chi connectivity index (χ1) is 11.7. The summed E-state index contributed by atoms with van der Waals surface area (Å²) < 4.78 is 5.33. The molecule has 0 spiro atoms. The van der Waals surface area contributed by atoms with Gasteiger partial charge in [-0.1, -0.05) is 13.0 Å². The first kappa shape index (κ1) is 18.8. The Hall–Kier alpha value is -2.54. The summed E-state index contributed by atoms with van der Waals surface area (Å²) in [6.07, 6.45) is 2.84. The fraction of sp³-hybridized carbons (Fsp3) is 0.444. The van der Waals surface area contributed by atoms with Gasteiger partial charge < -0.3 is 19.8 Å². The molecule has 3 rings (SSSR count). The van der Waals surface area contributed by atoms with Gasteiger partial charge in [0.05, 0.1) is 13.3 Å². The van der Waals surface area contributed by atoms with Crippen molar-refractivity contribution in [2.75, 3.05) is 32.6 Å². The molecule has 0 amide bonds. The monoisotopic (exact) mass is 348 g/mol. The molecule has 136 valence electrons.